The van der Waals surface area contributed by atoms with E-state index in [0.29, 0.717) is 21.9 Å². The molecule has 11 rings (SSSR count). The van der Waals surface area contributed by atoms with Gasteiger partial charge in [-0.25, -0.2) is 33.7 Å². The van der Waals surface area contributed by atoms with Crippen molar-refractivity contribution < 1.29 is 50.7 Å². The smallest absolute Gasteiger partial charge is 0.354 e. The molecule has 3 N–H and O–H groups in total. The van der Waals surface area contributed by atoms with Gasteiger partial charge in [-0.3, -0.25) is 24.2 Å². The molecule has 39 heteroatoms. The fourth-order valence-corrected chi connectivity index (χ4v) is 11.3. The summed E-state index contributed by atoms with van der Waals surface area (Å²) in [6.07, 6.45) is 0. The second-order valence-corrected chi connectivity index (χ2v) is 25.8. The van der Waals surface area contributed by atoms with Crippen LogP contribution >= 0.6 is 69.6 Å². The van der Waals surface area contributed by atoms with Crippen LogP contribution in [0.15, 0.2) is 149 Å². The molecule has 0 atom stereocenters. The van der Waals surface area contributed by atoms with E-state index < -0.39 is 65.0 Å². The molecular formula is C68H59Cl6F4N15O14. The van der Waals surface area contributed by atoms with Crippen LogP contribution in [0, 0.1) is 0 Å². The quantitative estimate of drug-likeness (QED) is 0.0473. The van der Waals surface area contributed by atoms with Crippen LogP contribution in [0.25, 0.3) is 33.8 Å². The largest absolute Gasteiger partial charge is 0.480 e. The van der Waals surface area contributed by atoms with E-state index in [1.165, 1.54) is 56.7 Å². The molecule has 29 nitrogen and oxygen atoms in total. The highest BCUT2D eigenvalue weighted by Crippen LogP contribution is 2.43. The Labute approximate surface area is 631 Å². The third kappa shape index (κ3) is 19.7. The van der Waals surface area contributed by atoms with Crippen LogP contribution < -0.4 is 63.0 Å². The zero-order chi connectivity index (χ0) is 77.7. The highest BCUT2D eigenvalue weighted by Gasteiger charge is 2.26. The summed E-state index contributed by atoms with van der Waals surface area (Å²) in [5.41, 5.74) is -3.63. The summed E-state index contributed by atoms with van der Waals surface area (Å²) in [6, 6.07) is 30.8. The van der Waals surface area contributed by atoms with Gasteiger partial charge in [0, 0.05) is 51.6 Å². The number of ether oxygens (including phenoxy) is 7. The van der Waals surface area contributed by atoms with Crippen LogP contribution in [0.5, 0.6) is 46.6 Å². The number of methoxy groups -OCH3 is 2. The van der Waals surface area contributed by atoms with Gasteiger partial charge in [-0.1, -0.05) is 172 Å². The van der Waals surface area contributed by atoms with Crippen molar-refractivity contribution >= 4 is 69.6 Å². The normalized spacial score (nSPS) is 11.2. The summed E-state index contributed by atoms with van der Waals surface area (Å²) in [6.45, 7) is 4.26. The van der Waals surface area contributed by atoms with Crippen LogP contribution in [-0.4, -0.2) is 88.7 Å². The number of benzene rings is 5. The molecular weight excluding hydrogens is 1540 g/mol. The zero-order valence-electron chi connectivity index (χ0n) is 57.0. The Hall–Kier alpha value is -10.7. The van der Waals surface area contributed by atoms with Crippen molar-refractivity contribution in [3.8, 4) is 80.4 Å². The minimum absolute atomic E-state index is 0.0112. The summed E-state index contributed by atoms with van der Waals surface area (Å²) >= 11 is 38.1. The number of aromatic nitrogens is 15. The van der Waals surface area contributed by atoms with Gasteiger partial charge in [-0.2, -0.15) is 42.2 Å². The van der Waals surface area contributed by atoms with E-state index in [2.05, 4.69) is 51.0 Å². The molecule has 0 saturated carbocycles. The third-order valence-electron chi connectivity index (χ3n) is 15.0. The van der Waals surface area contributed by atoms with E-state index in [0.717, 1.165) is 26.8 Å². The summed E-state index contributed by atoms with van der Waals surface area (Å²) in [5.74, 6) is 1.07. The Morgan fingerprint density at radius 3 is 1.25 bits per heavy atom. The first-order valence-corrected chi connectivity index (χ1v) is 33.6. The molecule has 0 bridgehead atoms. The van der Waals surface area contributed by atoms with Gasteiger partial charge in [0.25, 0.3) is 22.2 Å². The molecule has 11 aromatic rings. The lowest BCUT2D eigenvalue weighted by atomic mass is 10.1. The van der Waals surface area contributed by atoms with Crippen LogP contribution in [0.2, 0.25) is 30.1 Å². The van der Waals surface area contributed by atoms with E-state index in [9.17, 15) is 51.1 Å². The Bertz CT molecular complexity index is 5430. The number of nitrogens with one attached hydrogen (secondary N) is 3. The standard InChI is InChI=1S/C26H23Cl2F2N5O5.C25H23Cl2N5O5.C17H13Cl2F2N5O4/c1-14(2)17-11-20(31-32-23(17)38-3)40-22-18(27)9-16(10-19(22)28)21-24(36)34(26(37)35(33-21)25(29)30)13-39-12-15-7-5-4-6-8-15;1-14(2)17-11-20(28-30-23(17)35-3)37-22-18(26)9-16(10-19(22)27)21-24(33)32(25(34)31-29-21)13-36-12-15-7-5-4-6-8-15;1-6(2)8-5-11(23-24-14(8)27)30-13-9(18)3-7(4-10(13)19)12-15(28)22-17(29)26(25-12)16(20)21/h4-11,14,25H,12-13H2,1-3H3;4-11,14H,12-13H2,1-3H3,(H,31,34);3-6,16H,1-2H3,(H,24,27)(H,22,28,29). The molecule has 560 valence electrons. The number of halogens is 10. The van der Waals surface area contributed by atoms with Gasteiger partial charge >= 0.3 is 30.2 Å². The Morgan fingerprint density at radius 1 is 0.430 bits per heavy atom. The van der Waals surface area contributed by atoms with Crippen molar-refractivity contribution in [2.75, 3.05) is 14.2 Å². The molecule has 0 aliphatic heterocycles. The molecule has 0 spiro atoms. The molecule has 0 amide bonds. The lowest BCUT2D eigenvalue weighted by Crippen LogP contribution is -2.43. The molecule has 0 saturated heterocycles. The van der Waals surface area contributed by atoms with Crippen LogP contribution in [0.3, 0.4) is 0 Å². The van der Waals surface area contributed by atoms with E-state index in [1.54, 1.807) is 41.4 Å². The van der Waals surface area contributed by atoms with Gasteiger partial charge in [0.1, 0.15) is 13.5 Å². The van der Waals surface area contributed by atoms with Gasteiger partial charge in [0.05, 0.1) is 57.6 Å². The van der Waals surface area contributed by atoms with Crippen LogP contribution in [0.4, 0.5) is 17.6 Å². The highest BCUT2D eigenvalue weighted by molar-refractivity contribution is 6.39. The molecule has 0 radical (unpaired) electrons. The maximum absolute atomic E-state index is 13.7. The van der Waals surface area contributed by atoms with Gasteiger partial charge in [0.2, 0.25) is 29.4 Å². The topological polar surface area (TPSA) is 354 Å². The summed E-state index contributed by atoms with van der Waals surface area (Å²) in [5, 5.41) is 35.1. The summed E-state index contributed by atoms with van der Waals surface area (Å²) in [7, 11) is 2.98. The molecule has 0 aliphatic carbocycles. The Balaban J connectivity index is 0.000000187. The first-order valence-electron chi connectivity index (χ1n) is 31.4. The van der Waals surface area contributed by atoms with E-state index in [-0.39, 0.29) is 140 Å². The number of alkyl halides is 4. The van der Waals surface area contributed by atoms with Crippen molar-refractivity contribution in [2.24, 2.45) is 0 Å². The summed E-state index contributed by atoms with van der Waals surface area (Å²) in [4.78, 5) is 88.0. The first kappa shape index (κ1) is 80.4. The maximum atomic E-state index is 13.7. The minimum Gasteiger partial charge on any atom is -0.480 e. The molecule has 6 heterocycles. The first-order chi connectivity index (χ1) is 51.0. The fraction of sp³-hybridized carbons (Fsp3) is 0.250. The number of nitrogens with zero attached hydrogens (tertiary/aromatic N) is 12. The maximum Gasteiger partial charge on any atom is 0.354 e. The fourth-order valence-electron chi connectivity index (χ4n) is 9.66. The lowest BCUT2D eigenvalue weighted by molar-refractivity contribution is 0.0315. The van der Waals surface area contributed by atoms with Crippen molar-refractivity contribution in [2.45, 2.75) is 99.1 Å². The van der Waals surface area contributed by atoms with E-state index in [4.69, 9.17) is 103 Å². The zero-order valence-corrected chi connectivity index (χ0v) is 61.6. The number of H-pyrrole nitrogens is 3. The second kappa shape index (κ2) is 36.1. The van der Waals surface area contributed by atoms with E-state index >= 15 is 0 Å². The van der Waals surface area contributed by atoms with Crippen LogP contribution in [-0.2, 0) is 36.1 Å². The van der Waals surface area contributed by atoms with Crippen LogP contribution in [0.1, 0.15) is 100 Å². The highest BCUT2D eigenvalue weighted by atomic mass is 35.5. The molecule has 107 heavy (non-hydrogen) atoms. The molecule has 5 aromatic carbocycles. The second-order valence-electron chi connectivity index (χ2n) is 23.3. The van der Waals surface area contributed by atoms with Crippen molar-refractivity contribution in [1.29, 1.82) is 0 Å². The number of hydrogen-bond donors (Lipinski definition) is 3. The minimum atomic E-state index is -3.33. The molecule has 0 fully saturated rings. The van der Waals surface area contributed by atoms with Crippen molar-refractivity contribution in [3.05, 3.63) is 246 Å². The van der Waals surface area contributed by atoms with Gasteiger partial charge in [-0.05, 0) is 65.3 Å². The number of aromatic amines is 3. The van der Waals surface area contributed by atoms with Crippen molar-refractivity contribution in [1.82, 2.24) is 74.5 Å². The van der Waals surface area contributed by atoms with Gasteiger partial charge < -0.3 is 33.2 Å². The number of hydrogen-bond acceptors (Lipinski definition) is 22. The molecule has 6 aromatic heterocycles. The van der Waals surface area contributed by atoms with Gasteiger partial charge in [0.15, 0.2) is 34.3 Å². The third-order valence-corrected chi connectivity index (χ3v) is 16.6. The Morgan fingerprint density at radius 2 is 0.822 bits per heavy atom. The SMILES string of the molecule is CC(C)c1cc(Oc2c(Cl)cc(-c3nn(C(F)F)c(=O)[nH]c3=O)cc2Cl)n[nH]c1=O.COc1nnc(Oc2c(Cl)cc(-c3n[nH]c(=O)n(COCc4ccccc4)c3=O)cc2Cl)cc1C(C)C.COc1nnc(Oc2c(Cl)cc(-c3nn(C(F)F)c(=O)n(COCc4ccccc4)c3=O)cc2Cl)cc1C(C)C. The molecule has 0 aliphatic rings. The predicted octanol–water partition coefficient (Wildman–Crippen LogP) is 13.8. The monoisotopic (exact) mass is 1600 g/mol. The summed E-state index contributed by atoms with van der Waals surface area (Å²) < 4.78 is 92.9. The Kier molecular flexibility index (Phi) is 27.1. The molecule has 0 unspecified atom stereocenters. The average molecular weight is 1600 g/mol. The van der Waals surface area contributed by atoms with E-state index in [1.807, 2.05) is 77.9 Å². The number of rotatable bonds is 24. The lowest BCUT2D eigenvalue weighted by Gasteiger charge is -2.15. The van der Waals surface area contributed by atoms with Gasteiger partial charge in [-0.15, -0.1) is 25.5 Å². The van der Waals surface area contributed by atoms with Crippen molar-refractivity contribution in [3.63, 3.8) is 0 Å². The average Bonchev–Trinajstić information content (AvgIpc) is 0.751. The predicted molar refractivity (Wildman–Crippen MR) is 387 cm³/mol.